The third-order valence-electron chi connectivity index (χ3n) is 4.55. The summed E-state index contributed by atoms with van der Waals surface area (Å²) < 4.78 is 7.86. The SMILES string of the molecule is O=C(NCc1nncn1C1CC1)c1cn[nH]c1-c1cc2ccccc2o1. The van der Waals surface area contributed by atoms with Crippen molar-refractivity contribution in [2.75, 3.05) is 0 Å². The first-order valence-electron chi connectivity index (χ1n) is 8.48. The monoisotopic (exact) mass is 348 g/mol. The molecule has 0 radical (unpaired) electrons. The Morgan fingerprint density at radius 2 is 2.23 bits per heavy atom. The van der Waals surface area contributed by atoms with Crippen molar-refractivity contribution < 1.29 is 9.21 Å². The lowest BCUT2D eigenvalue weighted by Gasteiger charge is -2.06. The molecule has 0 unspecified atom stereocenters. The molecule has 8 heteroatoms. The number of aromatic nitrogens is 5. The number of hydrogen-bond acceptors (Lipinski definition) is 5. The predicted octanol–water partition coefficient (Wildman–Crippen LogP) is 2.68. The minimum Gasteiger partial charge on any atom is -0.454 e. The fourth-order valence-corrected chi connectivity index (χ4v) is 3.06. The predicted molar refractivity (Wildman–Crippen MR) is 93.3 cm³/mol. The second-order valence-electron chi connectivity index (χ2n) is 6.38. The van der Waals surface area contributed by atoms with Crippen LogP contribution in [0.25, 0.3) is 22.4 Å². The van der Waals surface area contributed by atoms with E-state index in [4.69, 9.17) is 4.42 Å². The molecule has 1 aromatic carbocycles. The van der Waals surface area contributed by atoms with Gasteiger partial charge in [0, 0.05) is 11.4 Å². The molecule has 26 heavy (non-hydrogen) atoms. The quantitative estimate of drug-likeness (QED) is 0.577. The van der Waals surface area contributed by atoms with Gasteiger partial charge in [0.1, 0.15) is 17.6 Å². The first-order chi connectivity index (χ1) is 12.8. The molecule has 0 aliphatic heterocycles. The van der Waals surface area contributed by atoms with Crippen molar-refractivity contribution in [3.05, 3.63) is 54.2 Å². The van der Waals surface area contributed by atoms with Crippen LogP contribution in [0.4, 0.5) is 0 Å². The Bertz CT molecular complexity index is 1050. The van der Waals surface area contributed by atoms with E-state index in [0.717, 1.165) is 29.6 Å². The lowest BCUT2D eigenvalue weighted by atomic mass is 10.2. The van der Waals surface area contributed by atoms with E-state index in [1.807, 2.05) is 34.9 Å². The number of carbonyl (C=O) groups excluding carboxylic acids is 1. The van der Waals surface area contributed by atoms with Crippen LogP contribution in [0, 0.1) is 0 Å². The summed E-state index contributed by atoms with van der Waals surface area (Å²) in [6, 6.07) is 10.1. The number of fused-ring (bicyclic) bond motifs is 1. The number of nitrogens with zero attached hydrogens (tertiary/aromatic N) is 4. The topological polar surface area (TPSA) is 102 Å². The van der Waals surface area contributed by atoms with Gasteiger partial charge in [-0.1, -0.05) is 18.2 Å². The molecule has 1 saturated carbocycles. The number of benzene rings is 1. The van der Waals surface area contributed by atoms with E-state index < -0.39 is 0 Å². The molecule has 1 fully saturated rings. The standard InChI is InChI=1S/C18H16N6O2/c25-18(19-9-16-22-21-10-24(16)12-5-6-12)13-8-20-23-17(13)15-7-11-3-1-2-4-14(11)26-15/h1-4,7-8,10,12H,5-6,9H2,(H,19,25)(H,20,23). The van der Waals surface area contributed by atoms with Crippen LogP contribution in [0.1, 0.15) is 35.1 Å². The number of rotatable bonds is 5. The Kier molecular flexibility index (Phi) is 3.34. The summed E-state index contributed by atoms with van der Waals surface area (Å²) in [5.74, 6) is 1.10. The van der Waals surface area contributed by atoms with E-state index >= 15 is 0 Å². The third kappa shape index (κ3) is 2.55. The second-order valence-corrected chi connectivity index (χ2v) is 6.38. The summed E-state index contributed by atoms with van der Waals surface area (Å²) in [5.41, 5.74) is 1.75. The molecule has 8 nitrogen and oxygen atoms in total. The minimum atomic E-state index is -0.237. The van der Waals surface area contributed by atoms with Crippen molar-refractivity contribution in [2.45, 2.75) is 25.4 Å². The molecule has 3 aromatic heterocycles. The number of hydrogen-bond donors (Lipinski definition) is 2. The van der Waals surface area contributed by atoms with Gasteiger partial charge in [-0.2, -0.15) is 5.10 Å². The third-order valence-corrected chi connectivity index (χ3v) is 4.55. The summed E-state index contributed by atoms with van der Waals surface area (Å²) in [7, 11) is 0. The van der Waals surface area contributed by atoms with Crippen molar-refractivity contribution in [2.24, 2.45) is 0 Å². The fourth-order valence-electron chi connectivity index (χ4n) is 3.06. The molecule has 1 aliphatic rings. The van der Waals surface area contributed by atoms with E-state index in [0.29, 0.717) is 29.6 Å². The van der Waals surface area contributed by atoms with Gasteiger partial charge in [-0.05, 0) is 25.0 Å². The van der Waals surface area contributed by atoms with Gasteiger partial charge in [-0.15, -0.1) is 10.2 Å². The summed E-state index contributed by atoms with van der Waals surface area (Å²) in [6.45, 7) is 0.320. The Morgan fingerprint density at radius 1 is 1.35 bits per heavy atom. The largest absolute Gasteiger partial charge is 0.454 e. The molecule has 0 spiro atoms. The molecule has 4 aromatic rings. The summed E-state index contributed by atoms with van der Waals surface area (Å²) in [4.78, 5) is 12.6. The van der Waals surface area contributed by atoms with Crippen molar-refractivity contribution in [3.63, 3.8) is 0 Å². The van der Waals surface area contributed by atoms with Crippen LogP contribution in [0.15, 0.2) is 47.3 Å². The van der Waals surface area contributed by atoms with Crippen LogP contribution in [0.2, 0.25) is 0 Å². The molecular weight excluding hydrogens is 332 g/mol. The Balaban J connectivity index is 1.38. The molecule has 1 aliphatic carbocycles. The van der Waals surface area contributed by atoms with Gasteiger partial charge < -0.3 is 14.3 Å². The van der Waals surface area contributed by atoms with Gasteiger partial charge in [-0.25, -0.2) is 0 Å². The van der Waals surface area contributed by atoms with Gasteiger partial charge in [0.25, 0.3) is 5.91 Å². The highest BCUT2D eigenvalue weighted by Gasteiger charge is 2.26. The maximum Gasteiger partial charge on any atom is 0.255 e. The van der Waals surface area contributed by atoms with Crippen LogP contribution < -0.4 is 5.32 Å². The molecule has 0 atom stereocenters. The maximum absolute atomic E-state index is 12.6. The number of para-hydroxylation sites is 1. The molecule has 0 bridgehead atoms. The molecule has 0 saturated heterocycles. The molecule has 2 N–H and O–H groups in total. The number of carbonyl (C=O) groups is 1. The van der Waals surface area contributed by atoms with Crippen LogP contribution >= 0.6 is 0 Å². The average molecular weight is 348 g/mol. The summed E-state index contributed by atoms with van der Waals surface area (Å²) in [6.07, 6.45) is 5.49. The molecular formula is C18H16N6O2. The van der Waals surface area contributed by atoms with Crippen LogP contribution in [0.3, 0.4) is 0 Å². The summed E-state index contributed by atoms with van der Waals surface area (Å²) in [5, 5.41) is 18.8. The van der Waals surface area contributed by atoms with Gasteiger partial charge in [0.05, 0.1) is 18.3 Å². The number of furan rings is 1. The molecule has 130 valence electrons. The van der Waals surface area contributed by atoms with Crippen molar-refractivity contribution in [3.8, 4) is 11.5 Å². The van der Waals surface area contributed by atoms with E-state index in [1.54, 1.807) is 6.33 Å². The minimum absolute atomic E-state index is 0.237. The van der Waals surface area contributed by atoms with Crippen molar-refractivity contribution in [1.29, 1.82) is 0 Å². The molecule has 1 amide bonds. The number of amides is 1. The second kappa shape index (κ2) is 5.83. The maximum atomic E-state index is 12.6. The number of H-pyrrole nitrogens is 1. The highest BCUT2D eigenvalue weighted by atomic mass is 16.3. The number of aromatic amines is 1. The van der Waals surface area contributed by atoms with Gasteiger partial charge >= 0.3 is 0 Å². The zero-order valence-corrected chi connectivity index (χ0v) is 13.8. The van der Waals surface area contributed by atoms with E-state index in [-0.39, 0.29) is 5.91 Å². The summed E-state index contributed by atoms with van der Waals surface area (Å²) >= 11 is 0. The van der Waals surface area contributed by atoms with Crippen LogP contribution in [-0.2, 0) is 6.54 Å². The zero-order valence-electron chi connectivity index (χ0n) is 13.8. The first-order valence-corrected chi connectivity index (χ1v) is 8.48. The Labute approximate surface area is 148 Å². The average Bonchev–Trinajstić information content (AvgIpc) is 3.09. The van der Waals surface area contributed by atoms with E-state index in [9.17, 15) is 4.79 Å². The molecule has 5 rings (SSSR count). The lowest BCUT2D eigenvalue weighted by molar-refractivity contribution is 0.0950. The van der Waals surface area contributed by atoms with E-state index in [2.05, 4.69) is 25.7 Å². The van der Waals surface area contributed by atoms with Gasteiger partial charge in [-0.3, -0.25) is 9.89 Å². The Morgan fingerprint density at radius 3 is 3.08 bits per heavy atom. The smallest absolute Gasteiger partial charge is 0.255 e. The number of nitrogens with one attached hydrogen (secondary N) is 2. The zero-order chi connectivity index (χ0) is 17.5. The van der Waals surface area contributed by atoms with Crippen LogP contribution in [-0.4, -0.2) is 30.9 Å². The van der Waals surface area contributed by atoms with Crippen molar-refractivity contribution in [1.82, 2.24) is 30.3 Å². The highest BCUT2D eigenvalue weighted by Crippen LogP contribution is 2.35. The van der Waals surface area contributed by atoms with Gasteiger partial charge in [0.2, 0.25) is 0 Å². The van der Waals surface area contributed by atoms with Gasteiger partial charge in [0.15, 0.2) is 11.6 Å². The normalized spacial score (nSPS) is 14.0. The Hall–Kier alpha value is -3.42. The van der Waals surface area contributed by atoms with Crippen LogP contribution in [0.5, 0.6) is 0 Å². The highest BCUT2D eigenvalue weighted by molar-refractivity contribution is 6.00. The fraction of sp³-hybridized carbons (Fsp3) is 0.222. The molecule has 3 heterocycles. The lowest BCUT2D eigenvalue weighted by Crippen LogP contribution is -2.24. The van der Waals surface area contributed by atoms with E-state index in [1.165, 1.54) is 6.20 Å². The first kappa shape index (κ1) is 14.9. The van der Waals surface area contributed by atoms with Crippen molar-refractivity contribution >= 4 is 16.9 Å².